The molecular formula is C12H15Cl3N2O. The van der Waals surface area contributed by atoms with Crippen LogP contribution in [-0.4, -0.2) is 37.0 Å². The van der Waals surface area contributed by atoms with Gasteiger partial charge in [0.05, 0.1) is 0 Å². The van der Waals surface area contributed by atoms with Gasteiger partial charge in [-0.2, -0.15) is 0 Å². The Balaban J connectivity index is 0.00000162. The Morgan fingerprint density at radius 3 is 2.44 bits per heavy atom. The van der Waals surface area contributed by atoms with Crippen LogP contribution in [0.25, 0.3) is 0 Å². The molecule has 0 aromatic heterocycles. The van der Waals surface area contributed by atoms with Crippen LogP contribution in [0.1, 0.15) is 16.8 Å². The quantitative estimate of drug-likeness (QED) is 0.911. The highest BCUT2D eigenvalue weighted by Gasteiger charge is 2.24. The average molecular weight is 310 g/mol. The first kappa shape index (κ1) is 15.6. The summed E-state index contributed by atoms with van der Waals surface area (Å²) in [5.41, 5.74) is 0.539. The molecule has 3 nitrogen and oxygen atoms in total. The van der Waals surface area contributed by atoms with Crippen molar-refractivity contribution in [2.45, 2.75) is 12.5 Å². The van der Waals surface area contributed by atoms with Crippen molar-refractivity contribution in [2.75, 3.05) is 20.1 Å². The van der Waals surface area contributed by atoms with Crippen LogP contribution in [0.3, 0.4) is 0 Å². The molecule has 1 aliphatic heterocycles. The second kappa shape index (κ2) is 6.62. The molecule has 1 atom stereocenters. The lowest BCUT2D eigenvalue weighted by molar-refractivity contribution is 0.0744. The topological polar surface area (TPSA) is 32.3 Å². The summed E-state index contributed by atoms with van der Waals surface area (Å²) >= 11 is 11.8. The van der Waals surface area contributed by atoms with Crippen molar-refractivity contribution in [2.24, 2.45) is 0 Å². The number of nitrogens with one attached hydrogen (secondary N) is 1. The highest BCUT2D eigenvalue weighted by molar-refractivity contribution is 6.35. The minimum atomic E-state index is -0.0388. The molecule has 1 saturated heterocycles. The number of benzene rings is 1. The van der Waals surface area contributed by atoms with Crippen molar-refractivity contribution in [3.8, 4) is 0 Å². The highest BCUT2D eigenvalue weighted by atomic mass is 35.5. The van der Waals surface area contributed by atoms with Gasteiger partial charge in [0.25, 0.3) is 5.91 Å². The van der Waals surface area contributed by atoms with Crippen LogP contribution in [-0.2, 0) is 0 Å². The molecule has 1 N–H and O–H groups in total. The largest absolute Gasteiger partial charge is 0.337 e. The lowest BCUT2D eigenvalue weighted by atomic mass is 10.1. The zero-order valence-corrected chi connectivity index (χ0v) is 12.3. The first-order chi connectivity index (χ1) is 8.08. The Morgan fingerprint density at radius 2 is 1.94 bits per heavy atom. The van der Waals surface area contributed by atoms with Crippen molar-refractivity contribution in [1.29, 1.82) is 0 Å². The van der Waals surface area contributed by atoms with Gasteiger partial charge < -0.3 is 10.2 Å². The van der Waals surface area contributed by atoms with E-state index in [1.807, 2.05) is 7.05 Å². The number of carbonyl (C=O) groups is 1. The standard InChI is InChI=1S/C12H14Cl2N2O.ClH/c1-16(11-2-3-15-7-11)12(17)8-4-9(13)6-10(14)5-8;/h4-6,11,15H,2-3,7H2,1H3;1H/t11-;/m0./s1. The van der Waals surface area contributed by atoms with Crippen molar-refractivity contribution in [3.63, 3.8) is 0 Å². The van der Waals surface area contributed by atoms with Gasteiger partial charge in [-0.05, 0) is 31.2 Å². The Labute approximate surface area is 123 Å². The second-order valence-electron chi connectivity index (χ2n) is 4.22. The fraction of sp³-hybridized carbons (Fsp3) is 0.417. The first-order valence-electron chi connectivity index (χ1n) is 5.52. The summed E-state index contributed by atoms with van der Waals surface area (Å²) in [6, 6.07) is 5.17. The summed E-state index contributed by atoms with van der Waals surface area (Å²) in [5.74, 6) is -0.0388. The van der Waals surface area contributed by atoms with Crippen LogP contribution in [0.4, 0.5) is 0 Å². The number of likely N-dealkylation sites (N-methyl/N-ethyl adjacent to an activating group) is 1. The van der Waals surface area contributed by atoms with E-state index in [4.69, 9.17) is 23.2 Å². The normalized spacial score (nSPS) is 18.3. The number of halogens is 3. The number of rotatable bonds is 2. The van der Waals surface area contributed by atoms with E-state index in [0.717, 1.165) is 19.5 Å². The molecule has 0 bridgehead atoms. The molecular weight excluding hydrogens is 295 g/mol. The molecule has 1 aromatic carbocycles. The smallest absolute Gasteiger partial charge is 0.253 e. The fourth-order valence-corrected chi connectivity index (χ4v) is 2.54. The first-order valence-corrected chi connectivity index (χ1v) is 6.27. The zero-order valence-electron chi connectivity index (χ0n) is 9.95. The molecule has 0 unspecified atom stereocenters. The highest BCUT2D eigenvalue weighted by Crippen LogP contribution is 2.21. The molecule has 0 radical (unpaired) electrons. The molecule has 6 heteroatoms. The minimum Gasteiger partial charge on any atom is -0.337 e. The third kappa shape index (κ3) is 3.51. The molecule has 2 rings (SSSR count). The maximum atomic E-state index is 12.2. The summed E-state index contributed by atoms with van der Waals surface area (Å²) in [5, 5.41) is 4.21. The van der Waals surface area contributed by atoms with Crippen molar-refractivity contribution in [3.05, 3.63) is 33.8 Å². The Bertz CT molecular complexity index is 413. The van der Waals surface area contributed by atoms with Crippen LogP contribution in [0.15, 0.2) is 18.2 Å². The van der Waals surface area contributed by atoms with E-state index in [9.17, 15) is 4.79 Å². The molecule has 100 valence electrons. The molecule has 0 spiro atoms. The number of carbonyl (C=O) groups excluding carboxylic acids is 1. The van der Waals surface area contributed by atoms with Crippen LogP contribution in [0.2, 0.25) is 10.0 Å². The molecule has 1 amide bonds. The average Bonchev–Trinajstić information content (AvgIpc) is 2.79. The molecule has 0 aliphatic carbocycles. The Morgan fingerprint density at radius 1 is 1.33 bits per heavy atom. The van der Waals surface area contributed by atoms with Gasteiger partial charge in [-0.3, -0.25) is 4.79 Å². The third-order valence-corrected chi connectivity index (χ3v) is 3.45. The zero-order chi connectivity index (χ0) is 12.4. The number of hydrogen-bond acceptors (Lipinski definition) is 2. The van der Waals surface area contributed by atoms with Crippen LogP contribution < -0.4 is 5.32 Å². The molecule has 1 heterocycles. The maximum absolute atomic E-state index is 12.2. The van der Waals surface area contributed by atoms with Gasteiger partial charge in [-0.15, -0.1) is 12.4 Å². The van der Waals surface area contributed by atoms with Gasteiger partial charge in [0.2, 0.25) is 0 Å². The van der Waals surface area contributed by atoms with E-state index in [1.165, 1.54) is 0 Å². The monoisotopic (exact) mass is 308 g/mol. The summed E-state index contributed by atoms with van der Waals surface area (Å²) in [4.78, 5) is 14.0. The SMILES string of the molecule is CN(C(=O)c1cc(Cl)cc(Cl)c1)[C@H]1CCNC1.Cl. The van der Waals surface area contributed by atoms with Gasteiger partial charge in [0.1, 0.15) is 0 Å². The lowest BCUT2D eigenvalue weighted by Gasteiger charge is -2.24. The van der Waals surface area contributed by atoms with Crippen LogP contribution in [0.5, 0.6) is 0 Å². The Hall–Kier alpha value is -0.480. The van der Waals surface area contributed by atoms with Crippen LogP contribution in [0, 0.1) is 0 Å². The summed E-state index contributed by atoms with van der Waals surface area (Å²) in [6.45, 7) is 1.80. The lowest BCUT2D eigenvalue weighted by Crippen LogP contribution is -2.38. The molecule has 1 fully saturated rings. The second-order valence-corrected chi connectivity index (χ2v) is 5.09. The predicted octanol–water partition coefficient (Wildman–Crippen LogP) is 2.85. The van der Waals surface area contributed by atoms with Gasteiger partial charge >= 0.3 is 0 Å². The Kier molecular flexibility index (Phi) is 5.73. The predicted molar refractivity (Wildman–Crippen MR) is 77.1 cm³/mol. The number of amides is 1. The van der Waals surface area contributed by atoms with Crippen molar-refractivity contribution >= 4 is 41.5 Å². The van der Waals surface area contributed by atoms with E-state index >= 15 is 0 Å². The molecule has 0 saturated carbocycles. The van der Waals surface area contributed by atoms with E-state index in [1.54, 1.807) is 23.1 Å². The van der Waals surface area contributed by atoms with Gasteiger partial charge in [0.15, 0.2) is 0 Å². The van der Waals surface area contributed by atoms with E-state index < -0.39 is 0 Å². The van der Waals surface area contributed by atoms with E-state index in [-0.39, 0.29) is 24.4 Å². The van der Waals surface area contributed by atoms with Gasteiger partial charge in [0, 0.05) is 35.2 Å². The third-order valence-electron chi connectivity index (χ3n) is 3.01. The summed E-state index contributed by atoms with van der Waals surface area (Å²) in [6.07, 6.45) is 0.983. The maximum Gasteiger partial charge on any atom is 0.253 e. The van der Waals surface area contributed by atoms with E-state index in [0.29, 0.717) is 15.6 Å². The minimum absolute atomic E-state index is 0. The molecule has 1 aliphatic rings. The summed E-state index contributed by atoms with van der Waals surface area (Å²) < 4.78 is 0. The molecule has 18 heavy (non-hydrogen) atoms. The number of hydrogen-bond donors (Lipinski definition) is 1. The van der Waals surface area contributed by atoms with Gasteiger partial charge in [-0.1, -0.05) is 23.2 Å². The van der Waals surface area contributed by atoms with Crippen LogP contribution >= 0.6 is 35.6 Å². The van der Waals surface area contributed by atoms with Gasteiger partial charge in [-0.25, -0.2) is 0 Å². The molecule has 1 aromatic rings. The van der Waals surface area contributed by atoms with E-state index in [2.05, 4.69) is 5.32 Å². The van der Waals surface area contributed by atoms with Crippen molar-refractivity contribution in [1.82, 2.24) is 10.2 Å². The fourth-order valence-electron chi connectivity index (χ4n) is 2.02. The summed E-state index contributed by atoms with van der Waals surface area (Å²) in [7, 11) is 1.81. The number of nitrogens with zero attached hydrogens (tertiary/aromatic N) is 1. The van der Waals surface area contributed by atoms with Crippen molar-refractivity contribution < 1.29 is 4.79 Å².